The highest BCUT2D eigenvalue weighted by molar-refractivity contribution is 6.38. The number of phenols is 1. The average molecular weight is 216 g/mol. The highest BCUT2D eigenvalue weighted by Gasteiger charge is 2.18. The van der Waals surface area contributed by atoms with E-state index in [-0.39, 0.29) is 0 Å². The molecule has 7 rings (SSSR count). The number of fused-ring (bicyclic) bond motifs is 1. The molecule has 0 radical (unpaired) electrons. The van der Waals surface area contributed by atoms with E-state index in [0.29, 0.717) is 5.75 Å². The van der Waals surface area contributed by atoms with Gasteiger partial charge in [0, 0.05) is 10.8 Å². The van der Waals surface area contributed by atoms with Gasteiger partial charge in [-0.2, -0.15) is 0 Å². The molecule has 0 saturated heterocycles. The molecule has 17 heavy (non-hydrogen) atoms. The lowest BCUT2D eigenvalue weighted by Gasteiger charge is -2.19. The van der Waals surface area contributed by atoms with Gasteiger partial charge in [0.2, 0.25) is 0 Å². The van der Waals surface area contributed by atoms with Crippen LogP contribution in [0.2, 0.25) is 0 Å². The van der Waals surface area contributed by atoms with Crippen molar-refractivity contribution in [1.82, 2.24) is 0 Å². The van der Waals surface area contributed by atoms with Crippen LogP contribution >= 0.6 is 0 Å². The summed E-state index contributed by atoms with van der Waals surface area (Å²) >= 11 is 0. The molecule has 0 spiro atoms. The number of benzene rings is 7. The van der Waals surface area contributed by atoms with Crippen molar-refractivity contribution in [2.45, 2.75) is 0 Å². The van der Waals surface area contributed by atoms with Gasteiger partial charge >= 0.3 is 0 Å². The van der Waals surface area contributed by atoms with Crippen molar-refractivity contribution < 1.29 is 5.11 Å². The van der Waals surface area contributed by atoms with Gasteiger partial charge in [-0.1, -0.05) is 24.3 Å². The Morgan fingerprint density at radius 3 is 2.24 bits per heavy atom. The fraction of sp³-hybridized carbons (Fsp3) is 0. The molecule has 0 fully saturated rings. The molecule has 1 nitrogen and oxygen atoms in total. The van der Waals surface area contributed by atoms with Gasteiger partial charge in [0.1, 0.15) is 5.75 Å². The maximum Gasteiger partial charge on any atom is 0.123 e. The van der Waals surface area contributed by atoms with Gasteiger partial charge in [-0.15, -0.1) is 0 Å². The molecular formula is C16H8O. The van der Waals surface area contributed by atoms with Crippen molar-refractivity contribution in [3.05, 3.63) is 42.5 Å². The predicted molar refractivity (Wildman–Crippen MR) is 71.7 cm³/mol. The van der Waals surface area contributed by atoms with E-state index < -0.39 is 0 Å². The molecule has 0 saturated carbocycles. The molecule has 0 heterocycles. The fourth-order valence-corrected chi connectivity index (χ4v) is 3.34. The molecule has 0 aliphatic rings. The van der Waals surface area contributed by atoms with E-state index in [9.17, 15) is 5.11 Å². The van der Waals surface area contributed by atoms with Gasteiger partial charge in [0.25, 0.3) is 0 Å². The summed E-state index contributed by atoms with van der Waals surface area (Å²) in [5.41, 5.74) is 0. The summed E-state index contributed by atoms with van der Waals surface area (Å²) < 4.78 is 0. The minimum absolute atomic E-state index is 0.380. The lowest BCUT2D eigenvalue weighted by Crippen LogP contribution is -1.91. The second kappa shape index (κ2) is 2.21. The Morgan fingerprint density at radius 1 is 0.588 bits per heavy atom. The van der Waals surface area contributed by atoms with Crippen molar-refractivity contribution in [2.75, 3.05) is 0 Å². The second-order valence-corrected chi connectivity index (χ2v) is 4.80. The van der Waals surface area contributed by atoms with Gasteiger partial charge in [-0.05, 0) is 50.5 Å². The number of aromatic hydroxyl groups is 1. The van der Waals surface area contributed by atoms with Crippen LogP contribution in [0, 0.1) is 0 Å². The molecule has 0 aliphatic heterocycles. The average Bonchev–Trinajstić information content (AvgIpc) is 2.39. The lowest BCUT2D eigenvalue weighted by atomic mass is 9.84. The van der Waals surface area contributed by atoms with Crippen molar-refractivity contribution in [2.24, 2.45) is 0 Å². The van der Waals surface area contributed by atoms with Gasteiger partial charge in [-0.3, -0.25) is 0 Å². The highest BCUT2D eigenvalue weighted by Crippen LogP contribution is 2.46. The third-order valence-corrected chi connectivity index (χ3v) is 4.05. The Hall–Kier alpha value is -2.28. The van der Waals surface area contributed by atoms with Gasteiger partial charge < -0.3 is 5.11 Å². The molecule has 0 unspecified atom stereocenters. The third-order valence-electron chi connectivity index (χ3n) is 4.05. The maximum absolute atomic E-state index is 9.96. The van der Waals surface area contributed by atoms with Crippen LogP contribution in [0.15, 0.2) is 42.5 Å². The first kappa shape index (κ1) is 7.91. The molecule has 0 amide bonds. The van der Waals surface area contributed by atoms with Crippen LogP contribution in [0.25, 0.3) is 43.1 Å². The summed E-state index contributed by atoms with van der Waals surface area (Å²) in [4.78, 5) is 0. The summed E-state index contributed by atoms with van der Waals surface area (Å²) in [5.74, 6) is 0.380. The molecule has 7 aromatic carbocycles. The Balaban J connectivity index is 2.41. The smallest absolute Gasteiger partial charge is 0.123 e. The molecule has 0 aromatic heterocycles. The van der Waals surface area contributed by atoms with E-state index in [1.165, 1.54) is 37.7 Å². The first-order valence-corrected chi connectivity index (χ1v) is 5.78. The van der Waals surface area contributed by atoms with Crippen molar-refractivity contribution >= 4 is 43.1 Å². The van der Waals surface area contributed by atoms with Crippen LogP contribution in [0.4, 0.5) is 0 Å². The highest BCUT2D eigenvalue weighted by atomic mass is 16.3. The fourth-order valence-electron chi connectivity index (χ4n) is 3.34. The number of rotatable bonds is 0. The van der Waals surface area contributed by atoms with E-state index in [0.717, 1.165) is 5.39 Å². The molecule has 1 heteroatoms. The Morgan fingerprint density at radius 2 is 1.29 bits per heavy atom. The van der Waals surface area contributed by atoms with E-state index >= 15 is 0 Å². The van der Waals surface area contributed by atoms with Crippen LogP contribution in [0.3, 0.4) is 0 Å². The van der Waals surface area contributed by atoms with E-state index in [1.807, 2.05) is 12.1 Å². The van der Waals surface area contributed by atoms with E-state index in [2.05, 4.69) is 24.3 Å². The molecule has 6 bridgehead atoms. The Labute approximate surface area is 96.9 Å². The molecular weight excluding hydrogens is 208 g/mol. The van der Waals surface area contributed by atoms with Crippen LogP contribution in [0.5, 0.6) is 5.75 Å². The van der Waals surface area contributed by atoms with Gasteiger partial charge in [-0.25, -0.2) is 0 Å². The monoisotopic (exact) mass is 216 g/mol. The molecule has 7 aromatic rings. The zero-order valence-electron chi connectivity index (χ0n) is 8.99. The van der Waals surface area contributed by atoms with Crippen LogP contribution in [-0.2, 0) is 0 Å². The third kappa shape index (κ3) is 0.678. The summed E-state index contributed by atoms with van der Waals surface area (Å²) in [6.07, 6.45) is 0. The van der Waals surface area contributed by atoms with Gasteiger partial charge in [0.05, 0.1) is 0 Å². The SMILES string of the molecule is Oc1ccc2c3cc4ccc3c3ccc1c2c43. The largest absolute Gasteiger partial charge is 0.507 e. The van der Waals surface area contributed by atoms with Crippen LogP contribution in [-0.4, -0.2) is 5.11 Å². The summed E-state index contributed by atoms with van der Waals surface area (Å²) in [6.45, 7) is 0. The minimum atomic E-state index is 0.380. The van der Waals surface area contributed by atoms with Crippen LogP contribution < -0.4 is 0 Å². The van der Waals surface area contributed by atoms with Gasteiger partial charge in [0.15, 0.2) is 0 Å². The summed E-state index contributed by atoms with van der Waals surface area (Å²) in [5, 5.41) is 20.0. The van der Waals surface area contributed by atoms with E-state index in [4.69, 9.17) is 0 Å². The molecule has 78 valence electrons. The normalized spacial score (nSPS) is 12.9. The molecule has 0 atom stereocenters. The Kier molecular flexibility index (Phi) is 1.03. The van der Waals surface area contributed by atoms with E-state index in [1.54, 1.807) is 6.07 Å². The first-order chi connectivity index (χ1) is 8.34. The Bertz CT molecular complexity index is 981. The minimum Gasteiger partial charge on any atom is -0.507 e. The standard InChI is InChI=1S/C16H8O/c17-14-6-5-11-13-7-8-1-2-9(13)10-3-4-12(14)16(11)15(8)10/h1-7,17H. The topological polar surface area (TPSA) is 20.2 Å². The van der Waals surface area contributed by atoms with Crippen molar-refractivity contribution in [1.29, 1.82) is 0 Å². The van der Waals surface area contributed by atoms with Crippen molar-refractivity contribution in [3.8, 4) is 5.75 Å². The zero-order valence-corrected chi connectivity index (χ0v) is 8.99. The first-order valence-electron chi connectivity index (χ1n) is 5.78. The number of hydrogen-bond acceptors (Lipinski definition) is 1. The zero-order chi connectivity index (χ0) is 11.1. The number of phenolic OH excluding ortho intramolecular Hbond substituents is 1. The summed E-state index contributed by atoms with van der Waals surface area (Å²) in [7, 11) is 0. The summed E-state index contributed by atoms with van der Waals surface area (Å²) in [6, 6.07) is 14.6. The molecule has 0 aliphatic carbocycles. The number of hydrogen-bond donors (Lipinski definition) is 1. The van der Waals surface area contributed by atoms with Crippen LogP contribution in [0.1, 0.15) is 0 Å². The predicted octanol–water partition coefficient (Wildman–Crippen LogP) is 4.32. The molecule has 1 N–H and O–H groups in total. The lowest BCUT2D eigenvalue weighted by molar-refractivity contribution is 0.482. The maximum atomic E-state index is 9.96. The van der Waals surface area contributed by atoms with Crippen molar-refractivity contribution in [3.63, 3.8) is 0 Å². The second-order valence-electron chi connectivity index (χ2n) is 4.80. The quantitative estimate of drug-likeness (QED) is 0.382.